The van der Waals surface area contributed by atoms with Gasteiger partial charge in [-0.3, -0.25) is 14.4 Å². The Labute approximate surface area is 147 Å². The van der Waals surface area contributed by atoms with E-state index in [1.54, 1.807) is 0 Å². The minimum absolute atomic E-state index is 0.306. The molecular weight excluding hydrogens is 356 g/mol. The van der Waals surface area contributed by atoms with E-state index in [1.165, 1.54) is 0 Å². The molecule has 1 aromatic rings. The molecule has 0 bridgehead atoms. The van der Waals surface area contributed by atoms with Gasteiger partial charge in [-0.05, 0) is 18.2 Å². The maximum atomic E-state index is 13.3. The highest BCUT2D eigenvalue weighted by Gasteiger charge is 2.38. The Morgan fingerprint density at radius 1 is 0.962 bits per heavy atom. The molecule has 26 heavy (non-hydrogen) atoms. The molecule has 8 nitrogen and oxygen atoms in total. The molecule has 0 radical (unpaired) electrons. The molecular formula is C16H17F2NO7. The number of ether oxygens (including phenoxy) is 3. The standard InChI is InChI=1S/C16H17F2NO7/c1-24-12(20)7-9(15(22)25-2)13(16(23)26-3)19-14(21)8-4-5-10(17)11(18)6-8/h4-6,9,13H,7H2,1-3H3,(H,19,21)/t9-,13+/m1/s1. The number of carbonyl (C=O) groups is 4. The highest BCUT2D eigenvalue weighted by Crippen LogP contribution is 2.16. The summed E-state index contributed by atoms with van der Waals surface area (Å²) in [4.78, 5) is 47.7. The van der Waals surface area contributed by atoms with Crippen molar-refractivity contribution in [2.45, 2.75) is 12.5 Å². The molecule has 10 heteroatoms. The lowest BCUT2D eigenvalue weighted by Gasteiger charge is -2.23. The molecule has 0 unspecified atom stereocenters. The number of halogens is 2. The molecule has 0 aliphatic carbocycles. The van der Waals surface area contributed by atoms with E-state index in [9.17, 15) is 28.0 Å². The lowest BCUT2D eigenvalue weighted by molar-refractivity contribution is -0.158. The van der Waals surface area contributed by atoms with Gasteiger partial charge in [0, 0.05) is 5.56 Å². The van der Waals surface area contributed by atoms with E-state index in [0.29, 0.717) is 6.07 Å². The minimum Gasteiger partial charge on any atom is -0.469 e. The van der Waals surface area contributed by atoms with Crippen LogP contribution in [0.5, 0.6) is 0 Å². The number of amides is 1. The fourth-order valence-corrected chi connectivity index (χ4v) is 2.06. The molecule has 0 saturated heterocycles. The second kappa shape index (κ2) is 9.44. The van der Waals surface area contributed by atoms with Crippen LogP contribution < -0.4 is 5.32 Å². The molecule has 0 aliphatic heterocycles. The summed E-state index contributed by atoms with van der Waals surface area (Å²) in [6, 6.07) is 0.707. The number of carbonyl (C=O) groups excluding carboxylic acids is 4. The summed E-state index contributed by atoms with van der Waals surface area (Å²) in [5.41, 5.74) is -0.306. The highest BCUT2D eigenvalue weighted by molar-refractivity contribution is 5.98. The molecule has 2 atom stereocenters. The van der Waals surface area contributed by atoms with Gasteiger partial charge in [0.25, 0.3) is 5.91 Å². The van der Waals surface area contributed by atoms with Crippen LogP contribution in [0.2, 0.25) is 0 Å². The highest BCUT2D eigenvalue weighted by atomic mass is 19.2. The Morgan fingerprint density at radius 3 is 2.08 bits per heavy atom. The van der Waals surface area contributed by atoms with E-state index >= 15 is 0 Å². The van der Waals surface area contributed by atoms with Crippen LogP contribution in [0.25, 0.3) is 0 Å². The summed E-state index contributed by atoms with van der Waals surface area (Å²) in [6.07, 6.45) is -0.582. The molecule has 0 aromatic heterocycles. The molecule has 0 heterocycles. The van der Waals surface area contributed by atoms with E-state index in [2.05, 4.69) is 19.5 Å². The third-order valence-electron chi connectivity index (χ3n) is 3.44. The summed E-state index contributed by atoms with van der Waals surface area (Å²) < 4.78 is 39.8. The quantitative estimate of drug-likeness (QED) is 0.550. The van der Waals surface area contributed by atoms with Gasteiger partial charge in [-0.15, -0.1) is 0 Å². The van der Waals surface area contributed by atoms with Crippen molar-refractivity contribution in [3.8, 4) is 0 Å². The molecule has 0 saturated carbocycles. The van der Waals surface area contributed by atoms with Crippen molar-refractivity contribution < 1.29 is 42.2 Å². The predicted molar refractivity (Wildman–Crippen MR) is 81.8 cm³/mol. The normalized spacial score (nSPS) is 12.5. The molecule has 1 rings (SSSR count). The summed E-state index contributed by atoms with van der Waals surface area (Å²) >= 11 is 0. The third-order valence-corrected chi connectivity index (χ3v) is 3.44. The number of esters is 3. The van der Waals surface area contributed by atoms with Gasteiger partial charge in [-0.2, -0.15) is 0 Å². The Bertz CT molecular complexity index is 708. The number of benzene rings is 1. The topological polar surface area (TPSA) is 108 Å². The lowest BCUT2D eigenvalue weighted by Crippen LogP contribution is -2.50. The summed E-state index contributed by atoms with van der Waals surface area (Å²) in [6.45, 7) is 0. The molecule has 142 valence electrons. The smallest absolute Gasteiger partial charge is 0.329 e. The van der Waals surface area contributed by atoms with Gasteiger partial charge < -0.3 is 19.5 Å². The van der Waals surface area contributed by atoms with Crippen LogP contribution in [0.15, 0.2) is 18.2 Å². The van der Waals surface area contributed by atoms with Crippen LogP contribution in [0.4, 0.5) is 8.78 Å². The number of methoxy groups -OCH3 is 3. The van der Waals surface area contributed by atoms with Crippen LogP contribution >= 0.6 is 0 Å². The second-order valence-electron chi connectivity index (χ2n) is 5.01. The predicted octanol–water partition coefficient (Wildman–Crippen LogP) is 0.588. The van der Waals surface area contributed by atoms with Crippen molar-refractivity contribution in [3.63, 3.8) is 0 Å². The average Bonchev–Trinajstić information content (AvgIpc) is 2.64. The summed E-state index contributed by atoms with van der Waals surface area (Å²) in [5.74, 6) is -7.73. The van der Waals surface area contributed by atoms with Crippen LogP contribution in [-0.4, -0.2) is 51.2 Å². The van der Waals surface area contributed by atoms with Crippen molar-refractivity contribution in [2.24, 2.45) is 5.92 Å². The molecule has 1 aromatic carbocycles. The largest absolute Gasteiger partial charge is 0.469 e. The third kappa shape index (κ3) is 5.23. The van der Waals surface area contributed by atoms with Crippen molar-refractivity contribution in [2.75, 3.05) is 21.3 Å². The molecule has 1 amide bonds. The Kier molecular flexibility index (Phi) is 7.63. The maximum absolute atomic E-state index is 13.3. The summed E-state index contributed by atoms with van der Waals surface area (Å²) in [7, 11) is 3.10. The average molecular weight is 373 g/mol. The molecule has 0 fully saturated rings. The van der Waals surface area contributed by atoms with Crippen molar-refractivity contribution in [3.05, 3.63) is 35.4 Å². The summed E-state index contributed by atoms with van der Waals surface area (Å²) in [5, 5.41) is 2.16. The van der Waals surface area contributed by atoms with Gasteiger partial charge in [-0.1, -0.05) is 0 Å². The molecule has 1 N–H and O–H groups in total. The maximum Gasteiger partial charge on any atom is 0.329 e. The minimum atomic E-state index is -1.62. The second-order valence-corrected chi connectivity index (χ2v) is 5.01. The first-order valence-corrected chi connectivity index (χ1v) is 7.23. The van der Waals surface area contributed by atoms with Gasteiger partial charge in [0.15, 0.2) is 11.6 Å². The first-order chi connectivity index (χ1) is 12.2. The van der Waals surface area contributed by atoms with E-state index < -0.39 is 53.8 Å². The Balaban J connectivity index is 3.15. The van der Waals surface area contributed by atoms with E-state index in [1.807, 2.05) is 0 Å². The van der Waals surface area contributed by atoms with Gasteiger partial charge in [0.1, 0.15) is 6.04 Å². The number of hydrogen-bond donors (Lipinski definition) is 1. The zero-order valence-corrected chi connectivity index (χ0v) is 14.2. The van der Waals surface area contributed by atoms with Crippen LogP contribution in [0, 0.1) is 17.6 Å². The monoisotopic (exact) mass is 373 g/mol. The first kappa shape index (κ1) is 21.0. The number of hydrogen-bond acceptors (Lipinski definition) is 7. The van der Waals surface area contributed by atoms with Gasteiger partial charge >= 0.3 is 17.9 Å². The molecule has 0 aliphatic rings. The fraction of sp³-hybridized carbons (Fsp3) is 0.375. The zero-order chi connectivity index (χ0) is 19.9. The van der Waals surface area contributed by atoms with Crippen LogP contribution in [0.1, 0.15) is 16.8 Å². The number of rotatable bonds is 7. The van der Waals surface area contributed by atoms with E-state index in [-0.39, 0.29) is 5.56 Å². The first-order valence-electron chi connectivity index (χ1n) is 7.23. The van der Waals surface area contributed by atoms with E-state index in [0.717, 1.165) is 33.5 Å². The van der Waals surface area contributed by atoms with Crippen LogP contribution in [0.3, 0.4) is 0 Å². The van der Waals surface area contributed by atoms with Crippen molar-refractivity contribution >= 4 is 23.8 Å². The zero-order valence-electron chi connectivity index (χ0n) is 14.2. The fourth-order valence-electron chi connectivity index (χ4n) is 2.06. The lowest BCUT2D eigenvalue weighted by atomic mass is 9.95. The Morgan fingerprint density at radius 2 is 1.58 bits per heavy atom. The van der Waals surface area contributed by atoms with Crippen molar-refractivity contribution in [1.82, 2.24) is 5.32 Å². The van der Waals surface area contributed by atoms with Gasteiger partial charge in [0.2, 0.25) is 0 Å². The van der Waals surface area contributed by atoms with Gasteiger partial charge in [-0.25, -0.2) is 13.6 Å². The van der Waals surface area contributed by atoms with Crippen LogP contribution in [-0.2, 0) is 28.6 Å². The molecule has 0 spiro atoms. The number of nitrogens with one attached hydrogen (secondary N) is 1. The van der Waals surface area contributed by atoms with Crippen molar-refractivity contribution in [1.29, 1.82) is 0 Å². The SMILES string of the molecule is COC(=O)C[C@@H](C(=O)OC)[C@H](NC(=O)c1ccc(F)c(F)c1)C(=O)OC. The Hall–Kier alpha value is -3.04. The van der Waals surface area contributed by atoms with E-state index in [4.69, 9.17) is 0 Å². The van der Waals surface area contributed by atoms with Gasteiger partial charge in [0.05, 0.1) is 33.7 Å².